The number of thiophene rings is 1. The first-order chi connectivity index (χ1) is 10.3. The van der Waals surface area contributed by atoms with Gasteiger partial charge in [-0.3, -0.25) is 0 Å². The van der Waals surface area contributed by atoms with Crippen molar-refractivity contribution >= 4 is 54.5 Å². The summed E-state index contributed by atoms with van der Waals surface area (Å²) in [6, 6.07) is 22.8. The molecule has 1 heterocycles. The van der Waals surface area contributed by atoms with Crippen LogP contribution >= 0.6 is 22.9 Å². The molecule has 1 aromatic heterocycles. The highest BCUT2D eigenvalue weighted by Gasteiger charge is 2.05. The number of fused-ring (bicyclic) bond motifs is 3. The van der Waals surface area contributed by atoms with Gasteiger partial charge in [0.25, 0.3) is 0 Å². The first-order valence-corrected chi connectivity index (χ1v) is 7.93. The first-order valence-electron chi connectivity index (χ1n) is 6.73. The second-order valence-electron chi connectivity index (χ2n) is 4.94. The van der Waals surface area contributed by atoms with Gasteiger partial charge >= 0.3 is 0 Å². The van der Waals surface area contributed by atoms with Crippen LogP contribution in [0.5, 0.6) is 0 Å². The highest BCUT2D eigenvalue weighted by Crippen LogP contribution is 2.35. The third-order valence-corrected chi connectivity index (χ3v) is 4.88. The van der Waals surface area contributed by atoms with Crippen LogP contribution in [0.4, 0.5) is 11.4 Å². The smallest absolute Gasteiger partial charge is 0.0426 e. The molecule has 0 aliphatic heterocycles. The van der Waals surface area contributed by atoms with Crippen LogP contribution < -0.4 is 5.32 Å². The van der Waals surface area contributed by atoms with Gasteiger partial charge in [-0.1, -0.05) is 35.9 Å². The van der Waals surface area contributed by atoms with Gasteiger partial charge in [-0.2, -0.15) is 0 Å². The molecule has 0 saturated heterocycles. The van der Waals surface area contributed by atoms with Crippen molar-refractivity contribution in [3.8, 4) is 0 Å². The molecule has 0 atom stereocenters. The zero-order valence-electron chi connectivity index (χ0n) is 11.1. The molecular weight excluding hydrogens is 298 g/mol. The summed E-state index contributed by atoms with van der Waals surface area (Å²) in [6.07, 6.45) is 0. The van der Waals surface area contributed by atoms with Gasteiger partial charge in [-0.15, -0.1) is 11.3 Å². The Kier molecular flexibility index (Phi) is 3.06. The molecule has 1 N–H and O–H groups in total. The van der Waals surface area contributed by atoms with Crippen molar-refractivity contribution in [2.75, 3.05) is 5.32 Å². The molecule has 4 aromatic rings. The van der Waals surface area contributed by atoms with Crippen molar-refractivity contribution in [3.05, 3.63) is 71.8 Å². The van der Waals surface area contributed by atoms with E-state index >= 15 is 0 Å². The number of rotatable bonds is 2. The third-order valence-electron chi connectivity index (χ3n) is 3.49. The lowest BCUT2D eigenvalue weighted by Gasteiger charge is -2.07. The van der Waals surface area contributed by atoms with E-state index in [0.717, 1.165) is 16.4 Å². The van der Waals surface area contributed by atoms with Crippen molar-refractivity contribution in [1.29, 1.82) is 0 Å². The van der Waals surface area contributed by atoms with Crippen molar-refractivity contribution < 1.29 is 0 Å². The van der Waals surface area contributed by atoms with Gasteiger partial charge in [0, 0.05) is 36.6 Å². The summed E-state index contributed by atoms with van der Waals surface area (Å²) in [5.41, 5.74) is 2.08. The highest BCUT2D eigenvalue weighted by molar-refractivity contribution is 7.25. The fourth-order valence-electron chi connectivity index (χ4n) is 2.54. The molecule has 0 radical (unpaired) electrons. The number of nitrogens with one attached hydrogen (secondary N) is 1. The van der Waals surface area contributed by atoms with Gasteiger partial charge in [-0.05, 0) is 42.5 Å². The summed E-state index contributed by atoms with van der Waals surface area (Å²) in [4.78, 5) is 0. The number of hydrogen-bond donors (Lipinski definition) is 1. The van der Waals surface area contributed by atoms with Gasteiger partial charge in [0.15, 0.2) is 0 Å². The lowest BCUT2D eigenvalue weighted by Crippen LogP contribution is -1.89. The fraction of sp³-hybridized carbons (Fsp3) is 0. The molecule has 0 unspecified atom stereocenters. The molecule has 102 valence electrons. The summed E-state index contributed by atoms with van der Waals surface area (Å²) in [5, 5.41) is 6.76. The SMILES string of the molecule is Clc1cccc(Nc2ccc3sc4ccccc4c3c2)c1. The van der Waals surface area contributed by atoms with E-state index in [-0.39, 0.29) is 0 Å². The Morgan fingerprint density at radius 2 is 1.52 bits per heavy atom. The number of hydrogen-bond acceptors (Lipinski definition) is 2. The maximum Gasteiger partial charge on any atom is 0.0426 e. The van der Waals surface area contributed by atoms with Crippen molar-refractivity contribution in [3.63, 3.8) is 0 Å². The summed E-state index contributed by atoms with van der Waals surface area (Å²) in [6.45, 7) is 0. The van der Waals surface area contributed by atoms with Gasteiger partial charge in [0.05, 0.1) is 0 Å². The van der Waals surface area contributed by atoms with Crippen molar-refractivity contribution in [2.45, 2.75) is 0 Å². The normalized spacial score (nSPS) is 11.1. The van der Waals surface area contributed by atoms with E-state index in [0.29, 0.717) is 0 Å². The second kappa shape index (κ2) is 5.06. The summed E-state index contributed by atoms with van der Waals surface area (Å²) in [5.74, 6) is 0. The zero-order chi connectivity index (χ0) is 14.2. The third kappa shape index (κ3) is 2.37. The van der Waals surface area contributed by atoms with E-state index in [4.69, 9.17) is 11.6 Å². The molecule has 0 spiro atoms. The van der Waals surface area contributed by atoms with Crippen LogP contribution in [0.15, 0.2) is 66.7 Å². The monoisotopic (exact) mass is 309 g/mol. The van der Waals surface area contributed by atoms with E-state index < -0.39 is 0 Å². The quantitative estimate of drug-likeness (QED) is 0.448. The molecule has 0 fully saturated rings. The molecule has 0 saturated carbocycles. The van der Waals surface area contributed by atoms with Gasteiger partial charge in [0.2, 0.25) is 0 Å². The average Bonchev–Trinajstić information content (AvgIpc) is 2.85. The van der Waals surface area contributed by atoms with Crippen LogP contribution in [0.25, 0.3) is 20.2 Å². The standard InChI is InChI=1S/C18H12ClNS/c19-12-4-3-5-13(10-12)20-14-8-9-18-16(11-14)15-6-1-2-7-17(15)21-18/h1-11,20H. The predicted molar refractivity (Wildman–Crippen MR) is 94.1 cm³/mol. The predicted octanol–water partition coefficient (Wildman–Crippen LogP) is 6.45. The summed E-state index contributed by atoms with van der Waals surface area (Å²) in [7, 11) is 0. The Bertz CT molecular complexity index is 942. The van der Waals surface area contributed by atoms with E-state index in [9.17, 15) is 0 Å². The number of benzene rings is 3. The molecule has 0 aliphatic carbocycles. The van der Waals surface area contributed by atoms with Crippen LogP contribution in [0.2, 0.25) is 5.02 Å². The van der Waals surface area contributed by atoms with Crippen LogP contribution in [-0.4, -0.2) is 0 Å². The molecular formula is C18H12ClNS. The minimum atomic E-state index is 0.738. The van der Waals surface area contributed by atoms with E-state index in [1.807, 2.05) is 35.6 Å². The Hall–Kier alpha value is -2.03. The molecule has 3 aromatic carbocycles. The van der Waals surface area contributed by atoms with Gasteiger partial charge in [0.1, 0.15) is 0 Å². The molecule has 21 heavy (non-hydrogen) atoms. The second-order valence-corrected chi connectivity index (χ2v) is 6.46. The number of anilines is 2. The van der Waals surface area contributed by atoms with Crippen LogP contribution in [0.3, 0.4) is 0 Å². The Balaban J connectivity index is 1.81. The Labute approximate surface area is 131 Å². The first kappa shape index (κ1) is 12.7. The largest absolute Gasteiger partial charge is 0.355 e. The fourth-order valence-corrected chi connectivity index (χ4v) is 3.81. The minimum Gasteiger partial charge on any atom is -0.355 e. The molecule has 1 nitrogen and oxygen atoms in total. The van der Waals surface area contributed by atoms with E-state index in [1.165, 1.54) is 20.2 Å². The van der Waals surface area contributed by atoms with E-state index in [1.54, 1.807) is 0 Å². The summed E-state index contributed by atoms with van der Waals surface area (Å²) >= 11 is 7.86. The van der Waals surface area contributed by atoms with Gasteiger partial charge < -0.3 is 5.32 Å². The summed E-state index contributed by atoms with van der Waals surface area (Å²) < 4.78 is 2.64. The van der Waals surface area contributed by atoms with Crippen LogP contribution in [0, 0.1) is 0 Å². The van der Waals surface area contributed by atoms with Gasteiger partial charge in [-0.25, -0.2) is 0 Å². The van der Waals surface area contributed by atoms with Crippen LogP contribution in [-0.2, 0) is 0 Å². The molecule has 3 heteroatoms. The minimum absolute atomic E-state index is 0.738. The zero-order valence-corrected chi connectivity index (χ0v) is 12.7. The maximum atomic E-state index is 6.03. The van der Waals surface area contributed by atoms with Crippen LogP contribution in [0.1, 0.15) is 0 Å². The Morgan fingerprint density at radius 3 is 2.43 bits per heavy atom. The molecule has 0 bridgehead atoms. The number of halogens is 1. The molecule has 0 amide bonds. The topological polar surface area (TPSA) is 12.0 Å². The van der Waals surface area contributed by atoms with Crippen molar-refractivity contribution in [1.82, 2.24) is 0 Å². The average molecular weight is 310 g/mol. The lowest BCUT2D eigenvalue weighted by molar-refractivity contribution is 1.57. The molecule has 0 aliphatic rings. The maximum absolute atomic E-state index is 6.03. The molecule has 4 rings (SSSR count). The van der Waals surface area contributed by atoms with E-state index in [2.05, 4.69) is 47.8 Å². The Morgan fingerprint density at radius 1 is 0.714 bits per heavy atom. The lowest BCUT2D eigenvalue weighted by atomic mass is 10.1. The highest BCUT2D eigenvalue weighted by atomic mass is 35.5. The van der Waals surface area contributed by atoms with Crippen molar-refractivity contribution in [2.24, 2.45) is 0 Å².